The van der Waals surface area contributed by atoms with Crippen LogP contribution in [0, 0.1) is 0 Å². The van der Waals surface area contributed by atoms with E-state index < -0.39 is 12.7 Å². The summed E-state index contributed by atoms with van der Waals surface area (Å²) in [5.74, 6) is 0.758. The van der Waals surface area contributed by atoms with Crippen molar-refractivity contribution in [2.24, 2.45) is 0 Å². The lowest BCUT2D eigenvalue weighted by Crippen LogP contribution is -2.45. The Morgan fingerprint density at radius 2 is 2.00 bits per heavy atom. The molecule has 1 aliphatic heterocycles. The first-order chi connectivity index (χ1) is 8.76. The van der Waals surface area contributed by atoms with Crippen molar-refractivity contribution >= 4 is 24.8 Å². The molecule has 0 aromatic heterocycles. The highest BCUT2D eigenvalue weighted by Crippen LogP contribution is 2.32. The van der Waals surface area contributed by atoms with Gasteiger partial charge in [0.1, 0.15) is 18.2 Å². The lowest BCUT2D eigenvalue weighted by atomic mass is 10.0. The second-order valence-electron chi connectivity index (χ2n) is 4.38. The maximum atomic E-state index is 13.3. The first-order valence-corrected chi connectivity index (χ1v) is 6.14. The Morgan fingerprint density at radius 3 is 2.55 bits per heavy atom. The minimum Gasteiger partial charge on any atom is -0.508 e. The topological polar surface area (TPSA) is 44.7 Å². The normalized spacial score (nSPS) is 16.7. The molecular weight excluding hydrogens is 306 g/mol. The van der Waals surface area contributed by atoms with Gasteiger partial charge in [-0.25, -0.2) is 4.39 Å². The number of methoxy groups -OCH3 is 1. The molecule has 1 aromatic rings. The highest BCUT2D eigenvalue weighted by molar-refractivity contribution is 5.85. The molecule has 7 heteroatoms. The van der Waals surface area contributed by atoms with Crippen LogP contribution in [0.5, 0.6) is 11.5 Å². The van der Waals surface area contributed by atoms with Crippen LogP contribution in [0.25, 0.3) is 0 Å². The number of hydrogen-bond donors (Lipinski definition) is 2. The van der Waals surface area contributed by atoms with Crippen LogP contribution >= 0.6 is 24.8 Å². The van der Waals surface area contributed by atoms with E-state index in [2.05, 4.69) is 5.32 Å². The molecule has 1 fully saturated rings. The Hall–Kier alpha value is -0.750. The lowest BCUT2D eigenvalue weighted by molar-refractivity contribution is 0.145. The molecule has 0 radical (unpaired) electrons. The van der Waals surface area contributed by atoms with Gasteiger partial charge < -0.3 is 15.2 Å². The SMILES string of the molecule is COc1ccc(O)c([C@H](CF)N2CCNCC2)c1.Cl.Cl. The van der Waals surface area contributed by atoms with Crippen LogP contribution in [0.2, 0.25) is 0 Å². The summed E-state index contributed by atoms with van der Waals surface area (Å²) in [6, 6.07) is 4.54. The van der Waals surface area contributed by atoms with Gasteiger partial charge in [0.15, 0.2) is 0 Å². The molecule has 0 amide bonds. The number of halogens is 3. The maximum Gasteiger partial charge on any atom is 0.120 e. The molecule has 0 saturated carbocycles. The van der Waals surface area contributed by atoms with Crippen molar-refractivity contribution in [3.05, 3.63) is 23.8 Å². The van der Waals surface area contributed by atoms with E-state index in [9.17, 15) is 9.50 Å². The molecule has 1 heterocycles. The average molecular weight is 327 g/mol. The molecule has 116 valence electrons. The van der Waals surface area contributed by atoms with Gasteiger partial charge in [-0.05, 0) is 18.2 Å². The van der Waals surface area contributed by atoms with Gasteiger partial charge in [-0.2, -0.15) is 0 Å². The predicted molar refractivity (Wildman–Crippen MR) is 82.3 cm³/mol. The van der Waals surface area contributed by atoms with Gasteiger partial charge in [0.25, 0.3) is 0 Å². The summed E-state index contributed by atoms with van der Waals surface area (Å²) in [7, 11) is 1.56. The van der Waals surface area contributed by atoms with E-state index in [1.165, 1.54) is 0 Å². The molecule has 0 aliphatic carbocycles. The molecule has 1 saturated heterocycles. The molecule has 2 rings (SSSR count). The van der Waals surface area contributed by atoms with Crippen LogP contribution in [0.1, 0.15) is 11.6 Å². The van der Waals surface area contributed by atoms with Gasteiger partial charge in [0.05, 0.1) is 13.2 Å². The summed E-state index contributed by atoms with van der Waals surface area (Å²) in [4.78, 5) is 2.05. The predicted octanol–water partition coefficient (Wildman–Crippen LogP) is 2.16. The number of alkyl halides is 1. The number of benzene rings is 1. The smallest absolute Gasteiger partial charge is 0.120 e. The van der Waals surface area contributed by atoms with Gasteiger partial charge in [0.2, 0.25) is 0 Å². The van der Waals surface area contributed by atoms with E-state index in [0.29, 0.717) is 11.3 Å². The Balaban J connectivity index is 0.00000180. The zero-order chi connectivity index (χ0) is 13.0. The molecule has 0 bridgehead atoms. The fourth-order valence-corrected chi connectivity index (χ4v) is 2.30. The highest BCUT2D eigenvalue weighted by Gasteiger charge is 2.24. The summed E-state index contributed by atoms with van der Waals surface area (Å²) in [5, 5.41) is 13.1. The molecule has 0 spiro atoms. The number of hydrogen-bond acceptors (Lipinski definition) is 4. The Labute approximate surface area is 131 Å². The van der Waals surface area contributed by atoms with Crippen molar-refractivity contribution in [2.45, 2.75) is 6.04 Å². The van der Waals surface area contributed by atoms with E-state index >= 15 is 0 Å². The molecule has 2 N–H and O–H groups in total. The second kappa shape index (κ2) is 9.23. The minimum atomic E-state index is -0.513. The summed E-state index contributed by atoms with van der Waals surface area (Å²) in [5.41, 5.74) is 0.596. The van der Waals surface area contributed by atoms with Gasteiger partial charge in [-0.15, -0.1) is 24.8 Å². The Kier molecular flexibility index (Phi) is 8.89. The molecule has 4 nitrogen and oxygen atoms in total. The largest absolute Gasteiger partial charge is 0.508 e. The van der Waals surface area contributed by atoms with Crippen LogP contribution in [-0.2, 0) is 0 Å². The third-order valence-electron chi connectivity index (χ3n) is 3.33. The summed E-state index contributed by atoms with van der Waals surface area (Å²) in [6.45, 7) is 2.75. The van der Waals surface area contributed by atoms with Crippen molar-refractivity contribution in [3.8, 4) is 11.5 Å². The number of aromatic hydroxyl groups is 1. The van der Waals surface area contributed by atoms with Crippen molar-refractivity contribution in [1.29, 1.82) is 0 Å². The Bertz CT molecular complexity index is 404. The first kappa shape index (κ1) is 19.2. The molecule has 1 aliphatic rings. The lowest BCUT2D eigenvalue weighted by Gasteiger charge is -2.34. The third kappa shape index (κ3) is 4.38. The summed E-state index contributed by atoms with van der Waals surface area (Å²) in [6.07, 6.45) is 0. The fourth-order valence-electron chi connectivity index (χ4n) is 2.30. The number of piperazine rings is 1. The van der Waals surface area contributed by atoms with E-state index in [4.69, 9.17) is 4.74 Å². The molecule has 1 aromatic carbocycles. The van der Waals surface area contributed by atoms with Gasteiger partial charge in [-0.3, -0.25) is 4.90 Å². The van der Waals surface area contributed by atoms with Crippen molar-refractivity contribution in [1.82, 2.24) is 10.2 Å². The van der Waals surface area contributed by atoms with Crippen LogP contribution in [0.15, 0.2) is 18.2 Å². The van der Waals surface area contributed by atoms with Crippen LogP contribution in [0.3, 0.4) is 0 Å². The van der Waals surface area contributed by atoms with E-state index in [1.807, 2.05) is 4.90 Å². The average Bonchev–Trinajstić information content (AvgIpc) is 2.43. The van der Waals surface area contributed by atoms with Crippen LogP contribution in [-0.4, -0.2) is 50.0 Å². The van der Waals surface area contributed by atoms with E-state index in [1.54, 1.807) is 25.3 Å². The maximum absolute atomic E-state index is 13.3. The van der Waals surface area contributed by atoms with E-state index in [0.717, 1.165) is 26.2 Å². The number of nitrogens with zero attached hydrogens (tertiary/aromatic N) is 1. The molecule has 0 unspecified atom stereocenters. The first-order valence-electron chi connectivity index (χ1n) is 6.14. The Morgan fingerprint density at radius 1 is 1.35 bits per heavy atom. The molecular formula is C13H21Cl2FN2O2. The number of nitrogens with one attached hydrogen (secondary N) is 1. The van der Waals surface area contributed by atoms with Crippen LogP contribution < -0.4 is 10.1 Å². The van der Waals surface area contributed by atoms with Gasteiger partial charge >= 0.3 is 0 Å². The van der Waals surface area contributed by atoms with Crippen LogP contribution in [0.4, 0.5) is 4.39 Å². The quantitative estimate of drug-likeness (QED) is 0.890. The number of ether oxygens (including phenoxy) is 1. The summed E-state index contributed by atoms with van der Waals surface area (Å²) >= 11 is 0. The zero-order valence-electron chi connectivity index (χ0n) is 11.3. The zero-order valence-corrected chi connectivity index (χ0v) is 13.0. The molecule has 20 heavy (non-hydrogen) atoms. The molecule has 1 atom stereocenters. The fraction of sp³-hybridized carbons (Fsp3) is 0.538. The van der Waals surface area contributed by atoms with Gasteiger partial charge in [0, 0.05) is 31.7 Å². The van der Waals surface area contributed by atoms with E-state index in [-0.39, 0.29) is 30.6 Å². The highest BCUT2D eigenvalue weighted by atomic mass is 35.5. The second-order valence-corrected chi connectivity index (χ2v) is 4.38. The monoisotopic (exact) mass is 326 g/mol. The van der Waals surface area contributed by atoms with Gasteiger partial charge in [-0.1, -0.05) is 0 Å². The summed E-state index contributed by atoms with van der Waals surface area (Å²) < 4.78 is 18.5. The van der Waals surface area contributed by atoms with Crippen molar-refractivity contribution in [3.63, 3.8) is 0 Å². The van der Waals surface area contributed by atoms with Crippen molar-refractivity contribution in [2.75, 3.05) is 40.0 Å². The standard InChI is InChI=1S/C13H19FN2O2.2ClH/c1-18-10-2-3-13(17)11(8-10)12(9-14)16-6-4-15-5-7-16;;/h2-3,8,12,15,17H,4-7,9H2,1H3;2*1H/t12-;;/m0../s1. The third-order valence-corrected chi connectivity index (χ3v) is 3.33. The van der Waals surface area contributed by atoms with Crippen molar-refractivity contribution < 1.29 is 14.2 Å². The number of phenols is 1. The minimum absolute atomic E-state index is 0. The number of rotatable bonds is 4. The number of phenolic OH excluding ortho intramolecular Hbond substituents is 1.